The highest BCUT2D eigenvalue weighted by Crippen LogP contribution is 2.28. The zero-order chi connectivity index (χ0) is 25.8. The molecule has 1 aliphatic carbocycles. The summed E-state index contributed by atoms with van der Waals surface area (Å²) in [7, 11) is 0. The smallest absolute Gasteiger partial charge is 0.250 e. The van der Waals surface area contributed by atoms with Gasteiger partial charge >= 0.3 is 0 Å². The summed E-state index contributed by atoms with van der Waals surface area (Å²) in [6, 6.07) is 9.62. The fourth-order valence-corrected chi connectivity index (χ4v) is 4.62. The van der Waals surface area contributed by atoms with Crippen LogP contribution in [0, 0.1) is 13.8 Å². The molecule has 0 saturated heterocycles. The Labute approximate surface area is 213 Å². The SMILES string of the molecule is Cc1ccc(-c2nnn(CC(=O)N(Cc3ccco3)[C@H](C(=O)NC3CCCCC3)c3ccc(C)o3)n2)o1. The third-order valence-corrected chi connectivity index (χ3v) is 6.46. The second kappa shape index (κ2) is 10.9. The minimum atomic E-state index is -0.996. The van der Waals surface area contributed by atoms with E-state index in [0.717, 1.165) is 25.7 Å². The molecule has 11 nitrogen and oxygen atoms in total. The highest BCUT2D eigenvalue weighted by Gasteiger charge is 2.36. The Morgan fingerprint density at radius 2 is 1.86 bits per heavy atom. The van der Waals surface area contributed by atoms with Crippen LogP contribution in [-0.4, -0.2) is 43.0 Å². The van der Waals surface area contributed by atoms with Crippen molar-refractivity contribution in [1.82, 2.24) is 30.4 Å². The second-order valence-corrected chi connectivity index (χ2v) is 9.35. The highest BCUT2D eigenvalue weighted by atomic mass is 16.3. The summed E-state index contributed by atoms with van der Waals surface area (Å²) in [6.07, 6.45) is 6.67. The Hall–Kier alpha value is -4.15. The van der Waals surface area contributed by atoms with Gasteiger partial charge in [0.15, 0.2) is 11.8 Å². The van der Waals surface area contributed by atoms with Gasteiger partial charge in [-0.05, 0) is 68.3 Å². The number of furan rings is 3. The minimum absolute atomic E-state index is 0.0628. The normalized spacial score (nSPS) is 15.0. The summed E-state index contributed by atoms with van der Waals surface area (Å²) in [4.78, 5) is 30.0. The van der Waals surface area contributed by atoms with E-state index in [9.17, 15) is 9.59 Å². The lowest BCUT2D eigenvalue weighted by atomic mass is 9.95. The lowest BCUT2D eigenvalue weighted by Gasteiger charge is -2.31. The van der Waals surface area contributed by atoms with Crippen LogP contribution in [0.25, 0.3) is 11.6 Å². The minimum Gasteiger partial charge on any atom is -0.467 e. The van der Waals surface area contributed by atoms with Crippen molar-refractivity contribution in [3.63, 3.8) is 0 Å². The third kappa shape index (κ3) is 5.82. The standard InChI is InChI=1S/C26H30N6O5/c1-17-10-12-21(36-17)24(26(34)27-19-7-4-3-5-8-19)31(15-20-9-6-14-35-20)23(33)16-32-29-25(28-30-32)22-13-11-18(2)37-22/h6,9-14,19,24H,3-5,7-8,15-16H2,1-2H3,(H,27,34)/t24-/m0/s1. The monoisotopic (exact) mass is 506 g/mol. The summed E-state index contributed by atoms with van der Waals surface area (Å²) in [5.74, 6) is 2.31. The Morgan fingerprint density at radius 1 is 1.08 bits per heavy atom. The fraction of sp³-hybridized carbons (Fsp3) is 0.423. The van der Waals surface area contributed by atoms with Crippen LogP contribution < -0.4 is 5.32 Å². The molecule has 2 amide bonds. The van der Waals surface area contributed by atoms with Gasteiger partial charge in [0.2, 0.25) is 11.7 Å². The topological polar surface area (TPSA) is 132 Å². The molecule has 194 valence electrons. The average molecular weight is 507 g/mol. The summed E-state index contributed by atoms with van der Waals surface area (Å²) in [5, 5.41) is 15.5. The van der Waals surface area contributed by atoms with Crippen molar-refractivity contribution in [2.75, 3.05) is 0 Å². The van der Waals surface area contributed by atoms with Crippen LogP contribution in [-0.2, 0) is 22.7 Å². The van der Waals surface area contributed by atoms with E-state index in [-0.39, 0.29) is 30.9 Å². The van der Waals surface area contributed by atoms with Crippen LogP contribution in [0.15, 0.2) is 55.9 Å². The summed E-state index contributed by atoms with van der Waals surface area (Å²) in [5.41, 5.74) is 0. The fourth-order valence-electron chi connectivity index (χ4n) is 4.62. The Balaban J connectivity index is 1.42. The van der Waals surface area contributed by atoms with E-state index in [1.807, 2.05) is 6.92 Å². The van der Waals surface area contributed by atoms with E-state index in [2.05, 4.69) is 20.7 Å². The van der Waals surface area contributed by atoms with E-state index >= 15 is 0 Å². The van der Waals surface area contributed by atoms with Gasteiger partial charge in [-0.25, -0.2) is 0 Å². The molecule has 0 aliphatic heterocycles. The van der Waals surface area contributed by atoms with Crippen molar-refractivity contribution in [3.05, 3.63) is 65.7 Å². The molecule has 4 aromatic rings. The molecule has 11 heteroatoms. The predicted octanol–water partition coefficient (Wildman–Crippen LogP) is 3.95. The molecule has 1 atom stereocenters. The van der Waals surface area contributed by atoms with Gasteiger partial charge in [-0.2, -0.15) is 4.80 Å². The van der Waals surface area contributed by atoms with Crippen molar-refractivity contribution < 1.29 is 22.8 Å². The van der Waals surface area contributed by atoms with Crippen molar-refractivity contribution in [1.29, 1.82) is 0 Å². The van der Waals surface area contributed by atoms with Gasteiger partial charge in [0.25, 0.3) is 5.91 Å². The van der Waals surface area contributed by atoms with Crippen molar-refractivity contribution in [2.45, 2.75) is 71.1 Å². The maximum Gasteiger partial charge on any atom is 0.250 e. The zero-order valence-corrected chi connectivity index (χ0v) is 20.9. The molecule has 4 heterocycles. The van der Waals surface area contributed by atoms with Crippen LogP contribution >= 0.6 is 0 Å². The molecule has 0 bridgehead atoms. The Bertz CT molecular complexity index is 1330. The summed E-state index contributed by atoms with van der Waals surface area (Å²) >= 11 is 0. The van der Waals surface area contributed by atoms with E-state index < -0.39 is 11.9 Å². The number of nitrogens with one attached hydrogen (secondary N) is 1. The van der Waals surface area contributed by atoms with E-state index in [1.54, 1.807) is 43.3 Å². The number of hydrogen-bond donors (Lipinski definition) is 1. The van der Waals surface area contributed by atoms with Gasteiger partial charge < -0.3 is 23.5 Å². The van der Waals surface area contributed by atoms with Crippen LogP contribution in [0.4, 0.5) is 0 Å². The molecule has 4 aromatic heterocycles. The number of nitrogens with zero attached hydrogens (tertiary/aromatic N) is 5. The lowest BCUT2D eigenvalue weighted by Crippen LogP contribution is -2.47. The van der Waals surface area contributed by atoms with E-state index in [4.69, 9.17) is 13.3 Å². The van der Waals surface area contributed by atoms with E-state index in [0.29, 0.717) is 28.8 Å². The van der Waals surface area contributed by atoms with Gasteiger partial charge in [-0.1, -0.05) is 19.3 Å². The van der Waals surface area contributed by atoms with Gasteiger partial charge in [-0.3, -0.25) is 9.59 Å². The maximum absolute atomic E-state index is 13.7. The first kappa shape index (κ1) is 24.5. The van der Waals surface area contributed by atoms with Gasteiger partial charge in [-0.15, -0.1) is 10.2 Å². The number of rotatable bonds is 9. The van der Waals surface area contributed by atoms with Crippen LogP contribution in [0.3, 0.4) is 0 Å². The molecular formula is C26H30N6O5. The number of hydrogen-bond acceptors (Lipinski definition) is 8. The highest BCUT2D eigenvalue weighted by molar-refractivity contribution is 5.88. The number of aryl methyl sites for hydroxylation is 2. The lowest BCUT2D eigenvalue weighted by molar-refractivity contribution is -0.143. The molecule has 0 radical (unpaired) electrons. The summed E-state index contributed by atoms with van der Waals surface area (Å²) in [6.45, 7) is 3.45. The molecule has 1 aliphatic rings. The molecule has 0 aromatic carbocycles. The predicted molar refractivity (Wildman–Crippen MR) is 131 cm³/mol. The number of tetrazole rings is 1. The Kier molecular flexibility index (Phi) is 7.20. The van der Waals surface area contributed by atoms with Gasteiger partial charge in [0.05, 0.1) is 12.8 Å². The molecule has 0 unspecified atom stereocenters. The second-order valence-electron chi connectivity index (χ2n) is 9.35. The van der Waals surface area contributed by atoms with E-state index in [1.165, 1.54) is 22.4 Å². The first-order valence-electron chi connectivity index (χ1n) is 12.5. The molecule has 0 spiro atoms. The van der Waals surface area contributed by atoms with Crippen molar-refractivity contribution >= 4 is 11.8 Å². The average Bonchev–Trinajstić information content (AvgIpc) is 3.69. The molecule has 1 fully saturated rings. The molecular weight excluding hydrogens is 476 g/mol. The molecule has 37 heavy (non-hydrogen) atoms. The van der Waals surface area contributed by atoms with Crippen molar-refractivity contribution in [3.8, 4) is 11.6 Å². The number of aromatic nitrogens is 4. The molecule has 1 saturated carbocycles. The maximum atomic E-state index is 13.7. The third-order valence-electron chi connectivity index (χ3n) is 6.46. The van der Waals surface area contributed by atoms with Gasteiger partial charge in [0.1, 0.15) is 29.6 Å². The quantitative estimate of drug-likeness (QED) is 0.361. The first-order valence-corrected chi connectivity index (χ1v) is 12.5. The number of carbonyl (C=O) groups is 2. The van der Waals surface area contributed by atoms with Crippen molar-refractivity contribution in [2.24, 2.45) is 0 Å². The molecule has 1 N–H and O–H groups in total. The molecule has 5 rings (SSSR count). The summed E-state index contributed by atoms with van der Waals surface area (Å²) < 4.78 is 17.0. The van der Waals surface area contributed by atoms with Crippen LogP contribution in [0.5, 0.6) is 0 Å². The number of amides is 2. The van der Waals surface area contributed by atoms with Crippen LogP contribution in [0.1, 0.15) is 61.2 Å². The van der Waals surface area contributed by atoms with Gasteiger partial charge in [0, 0.05) is 6.04 Å². The van der Waals surface area contributed by atoms with Crippen LogP contribution in [0.2, 0.25) is 0 Å². The first-order chi connectivity index (χ1) is 18.0. The Morgan fingerprint density at radius 3 is 2.54 bits per heavy atom. The zero-order valence-electron chi connectivity index (χ0n) is 20.9. The largest absolute Gasteiger partial charge is 0.467 e. The number of carbonyl (C=O) groups excluding carboxylic acids is 2.